The van der Waals surface area contributed by atoms with Crippen LogP contribution in [0.2, 0.25) is 0 Å². The SMILES string of the molecule is COc1cccc(-n2cc(C(=O)NCCCN3CCC(Cc4ccccc4)CC3)c3ccccc3c2=O)c1. The van der Waals surface area contributed by atoms with Crippen molar-refractivity contribution in [3.8, 4) is 11.4 Å². The Hall–Kier alpha value is -3.90. The minimum atomic E-state index is -0.167. The van der Waals surface area contributed by atoms with Crippen molar-refractivity contribution in [3.05, 3.63) is 107 Å². The number of carbonyl (C=O) groups excluding carboxylic acids is 1. The van der Waals surface area contributed by atoms with E-state index < -0.39 is 0 Å². The summed E-state index contributed by atoms with van der Waals surface area (Å²) in [6.07, 6.45) is 6.14. The molecular formula is C32H35N3O3. The number of nitrogens with zero attached hydrogens (tertiary/aromatic N) is 2. The van der Waals surface area contributed by atoms with Gasteiger partial charge >= 0.3 is 0 Å². The molecule has 0 unspecified atom stereocenters. The number of nitrogens with one attached hydrogen (secondary N) is 1. The smallest absolute Gasteiger partial charge is 0.262 e. The first-order valence-electron chi connectivity index (χ1n) is 13.5. The van der Waals surface area contributed by atoms with E-state index in [1.807, 2.05) is 36.4 Å². The van der Waals surface area contributed by atoms with Crippen LogP contribution in [0.4, 0.5) is 0 Å². The monoisotopic (exact) mass is 509 g/mol. The quantitative estimate of drug-likeness (QED) is 0.320. The van der Waals surface area contributed by atoms with E-state index in [4.69, 9.17) is 4.74 Å². The molecule has 4 aromatic rings. The van der Waals surface area contributed by atoms with E-state index in [0.717, 1.165) is 38.4 Å². The largest absolute Gasteiger partial charge is 0.497 e. The third kappa shape index (κ3) is 5.97. The van der Waals surface area contributed by atoms with Crippen LogP contribution in [-0.2, 0) is 6.42 Å². The molecule has 1 amide bonds. The second-order valence-electron chi connectivity index (χ2n) is 10.0. The molecule has 0 spiro atoms. The van der Waals surface area contributed by atoms with Crippen LogP contribution < -0.4 is 15.6 Å². The first-order chi connectivity index (χ1) is 18.6. The lowest BCUT2D eigenvalue weighted by Crippen LogP contribution is -2.36. The molecule has 0 radical (unpaired) electrons. The Bertz CT molecular complexity index is 1440. The molecule has 0 bridgehead atoms. The second kappa shape index (κ2) is 12.1. The van der Waals surface area contributed by atoms with Crippen LogP contribution in [0.3, 0.4) is 0 Å². The third-order valence-corrected chi connectivity index (χ3v) is 7.51. The van der Waals surface area contributed by atoms with Crippen LogP contribution >= 0.6 is 0 Å². The molecular weight excluding hydrogens is 474 g/mol. The summed E-state index contributed by atoms with van der Waals surface area (Å²) in [7, 11) is 1.59. The zero-order valence-electron chi connectivity index (χ0n) is 21.9. The molecule has 0 saturated carbocycles. The molecule has 1 fully saturated rings. The van der Waals surface area contributed by atoms with Crippen molar-refractivity contribution in [1.82, 2.24) is 14.8 Å². The zero-order valence-corrected chi connectivity index (χ0v) is 21.9. The Kier molecular flexibility index (Phi) is 8.19. The van der Waals surface area contributed by atoms with Gasteiger partial charge in [0.05, 0.1) is 18.4 Å². The van der Waals surface area contributed by atoms with Crippen molar-refractivity contribution in [3.63, 3.8) is 0 Å². The van der Waals surface area contributed by atoms with Gasteiger partial charge in [0.2, 0.25) is 0 Å². The lowest BCUT2D eigenvalue weighted by atomic mass is 9.90. The maximum atomic E-state index is 13.3. The molecule has 0 aliphatic carbocycles. The topological polar surface area (TPSA) is 63.6 Å². The molecule has 38 heavy (non-hydrogen) atoms. The van der Waals surface area contributed by atoms with Gasteiger partial charge in [0.25, 0.3) is 11.5 Å². The molecule has 6 nitrogen and oxygen atoms in total. The van der Waals surface area contributed by atoms with E-state index in [0.29, 0.717) is 34.3 Å². The van der Waals surface area contributed by atoms with Crippen LogP contribution in [-0.4, -0.2) is 48.7 Å². The lowest BCUT2D eigenvalue weighted by molar-refractivity contribution is 0.0951. The number of benzene rings is 3. The minimum Gasteiger partial charge on any atom is -0.497 e. The Morgan fingerprint density at radius 3 is 2.45 bits per heavy atom. The van der Waals surface area contributed by atoms with E-state index in [1.54, 1.807) is 25.4 Å². The average molecular weight is 510 g/mol. The van der Waals surface area contributed by atoms with Crippen molar-refractivity contribution in [2.24, 2.45) is 5.92 Å². The average Bonchev–Trinajstić information content (AvgIpc) is 2.97. The summed E-state index contributed by atoms with van der Waals surface area (Å²) in [4.78, 5) is 29.0. The van der Waals surface area contributed by atoms with Crippen molar-refractivity contribution in [2.45, 2.75) is 25.7 Å². The van der Waals surface area contributed by atoms with Gasteiger partial charge in [0, 0.05) is 29.6 Å². The van der Waals surface area contributed by atoms with Gasteiger partial charge in [-0.25, -0.2) is 0 Å². The highest BCUT2D eigenvalue weighted by Crippen LogP contribution is 2.22. The maximum absolute atomic E-state index is 13.3. The Labute approximate surface area is 223 Å². The van der Waals surface area contributed by atoms with E-state index in [-0.39, 0.29) is 11.5 Å². The first kappa shape index (κ1) is 25.7. The molecule has 6 heteroatoms. The first-order valence-corrected chi connectivity index (χ1v) is 13.5. The number of hydrogen-bond donors (Lipinski definition) is 1. The van der Waals surface area contributed by atoms with Gasteiger partial charge in [-0.3, -0.25) is 14.2 Å². The summed E-state index contributed by atoms with van der Waals surface area (Å²) in [5.41, 5.74) is 2.41. The number of aromatic nitrogens is 1. The number of carbonyl (C=O) groups is 1. The van der Waals surface area contributed by atoms with E-state index >= 15 is 0 Å². The molecule has 3 aromatic carbocycles. The zero-order chi connectivity index (χ0) is 26.3. The van der Waals surface area contributed by atoms with Gasteiger partial charge in [-0.15, -0.1) is 0 Å². The highest BCUT2D eigenvalue weighted by Gasteiger charge is 2.20. The number of pyridine rings is 1. The summed E-state index contributed by atoms with van der Waals surface area (Å²) in [6, 6.07) is 25.3. The van der Waals surface area contributed by atoms with Crippen LogP contribution in [0, 0.1) is 5.92 Å². The van der Waals surface area contributed by atoms with Gasteiger partial charge in [-0.1, -0.05) is 54.6 Å². The number of amides is 1. The highest BCUT2D eigenvalue weighted by atomic mass is 16.5. The Morgan fingerprint density at radius 1 is 0.947 bits per heavy atom. The fraction of sp³-hybridized carbons (Fsp3) is 0.312. The number of hydrogen-bond acceptors (Lipinski definition) is 4. The van der Waals surface area contributed by atoms with Gasteiger partial charge < -0.3 is 15.0 Å². The maximum Gasteiger partial charge on any atom is 0.262 e. The van der Waals surface area contributed by atoms with Crippen LogP contribution in [0.15, 0.2) is 89.9 Å². The molecule has 0 atom stereocenters. The molecule has 5 rings (SSSR count). The lowest BCUT2D eigenvalue weighted by Gasteiger charge is -2.32. The molecule has 1 saturated heterocycles. The summed E-state index contributed by atoms with van der Waals surface area (Å²) >= 11 is 0. The van der Waals surface area contributed by atoms with Crippen molar-refractivity contribution >= 4 is 16.7 Å². The second-order valence-corrected chi connectivity index (χ2v) is 10.0. The number of ether oxygens (including phenoxy) is 1. The summed E-state index contributed by atoms with van der Waals surface area (Å²) in [5.74, 6) is 1.24. The number of methoxy groups -OCH3 is 1. The predicted molar refractivity (Wildman–Crippen MR) is 152 cm³/mol. The number of fused-ring (bicyclic) bond motifs is 1. The van der Waals surface area contributed by atoms with Gasteiger partial charge in [0.1, 0.15) is 5.75 Å². The fourth-order valence-corrected chi connectivity index (χ4v) is 5.39. The number of likely N-dealkylation sites (tertiary alicyclic amines) is 1. The van der Waals surface area contributed by atoms with E-state index in [9.17, 15) is 9.59 Å². The van der Waals surface area contributed by atoms with E-state index in [2.05, 4.69) is 40.5 Å². The van der Waals surface area contributed by atoms with Crippen LogP contribution in [0.1, 0.15) is 35.2 Å². The summed E-state index contributed by atoms with van der Waals surface area (Å²) in [5, 5.41) is 4.26. The molecule has 1 aliphatic heterocycles. The Balaban J connectivity index is 1.19. The van der Waals surface area contributed by atoms with Crippen molar-refractivity contribution in [1.29, 1.82) is 0 Å². The third-order valence-electron chi connectivity index (χ3n) is 7.51. The minimum absolute atomic E-state index is 0.166. The number of rotatable bonds is 9. The predicted octanol–water partition coefficient (Wildman–Crippen LogP) is 5.07. The molecule has 1 aliphatic rings. The van der Waals surface area contributed by atoms with Crippen molar-refractivity contribution < 1.29 is 9.53 Å². The summed E-state index contributed by atoms with van der Waals surface area (Å²) < 4.78 is 6.86. The molecule has 2 heterocycles. The molecule has 1 N–H and O–H groups in total. The number of piperidine rings is 1. The van der Waals surface area contributed by atoms with Crippen molar-refractivity contribution in [2.75, 3.05) is 33.3 Å². The van der Waals surface area contributed by atoms with Crippen LogP contribution in [0.25, 0.3) is 16.5 Å². The fourth-order valence-electron chi connectivity index (χ4n) is 5.39. The van der Waals surface area contributed by atoms with Crippen LogP contribution in [0.5, 0.6) is 5.75 Å². The highest BCUT2D eigenvalue weighted by molar-refractivity contribution is 6.06. The standard InChI is InChI=1S/C32H35N3O3/c1-38-27-12-7-11-26(22-27)35-23-30(28-13-5-6-14-29(28)32(35)37)31(36)33-17-8-18-34-19-15-25(16-20-34)21-24-9-3-2-4-10-24/h2-7,9-14,22-23,25H,8,15-21H2,1H3,(H,33,36). The molecule has 196 valence electrons. The van der Waals surface area contributed by atoms with E-state index in [1.165, 1.54) is 23.0 Å². The molecule has 1 aromatic heterocycles. The Morgan fingerprint density at radius 2 is 1.68 bits per heavy atom. The van der Waals surface area contributed by atoms with Gasteiger partial charge in [-0.05, 0) is 75.0 Å². The normalized spacial score (nSPS) is 14.4. The van der Waals surface area contributed by atoms with Gasteiger partial charge in [0.15, 0.2) is 0 Å². The van der Waals surface area contributed by atoms with Gasteiger partial charge in [-0.2, -0.15) is 0 Å². The summed E-state index contributed by atoms with van der Waals surface area (Å²) in [6.45, 7) is 3.79.